The van der Waals surface area contributed by atoms with Crippen LogP contribution in [-0.4, -0.2) is 38.1 Å². The molecule has 0 unspecified atom stereocenters. The van der Waals surface area contributed by atoms with Gasteiger partial charge in [-0.2, -0.15) is 13.2 Å². The maximum atomic E-state index is 12.1. The van der Waals surface area contributed by atoms with Crippen molar-refractivity contribution in [3.63, 3.8) is 0 Å². The van der Waals surface area contributed by atoms with Crippen LogP contribution >= 0.6 is 0 Å². The number of benzene rings is 1. The molecule has 0 spiro atoms. The second-order valence-corrected chi connectivity index (χ2v) is 7.15. The molecule has 0 fully saturated rings. The molecule has 1 aromatic carbocycles. The van der Waals surface area contributed by atoms with E-state index < -0.39 is 34.5 Å². The first-order chi connectivity index (χ1) is 10.1. The largest absolute Gasteiger partial charge is 0.393 e. The Balaban J connectivity index is 2.67. The fourth-order valence-corrected chi connectivity index (χ4v) is 3.12. The Morgan fingerprint density at radius 3 is 2.32 bits per heavy atom. The highest BCUT2D eigenvalue weighted by Crippen LogP contribution is 2.22. The molecule has 0 bridgehead atoms. The van der Waals surface area contributed by atoms with Crippen LogP contribution in [0.25, 0.3) is 0 Å². The molecule has 0 heterocycles. The number of alkyl halides is 3. The average molecular weight is 339 g/mol. The van der Waals surface area contributed by atoms with Gasteiger partial charge in [0.15, 0.2) is 0 Å². The van der Waals surface area contributed by atoms with Crippen LogP contribution < -0.4 is 4.72 Å². The highest BCUT2D eigenvalue weighted by Gasteiger charge is 2.30. The standard InChI is InChI=1S/C14H20F3NO3S/c1-11(19)9-13(12-5-3-2-4-6-12)10-18-22(20,21)8-7-14(15,16)17/h2-6,11,13,18-19H,7-10H2,1H3/t11-,13+/m1/s1. The van der Waals surface area contributed by atoms with Gasteiger partial charge < -0.3 is 5.11 Å². The second kappa shape index (κ2) is 7.94. The summed E-state index contributed by atoms with van der Waals surface area (Å²) < 4.78 is 61.7. The van der Waals surface area contributed by atoms with Crippen molar-refractivity contribution >= 4 is 10.0 Å². The summed E-state index contributed by atoms with van der Waals surface area (Å²) in [5.41, 5.74) is 0.821. The maximum absolute atomic E-state index is 12.1. The summed E-state index contributed by atoms with van der Waals surface area (Å²) in [6.45, 7) is 1.53. The van der Waals surface area contributed by atoms with Gasteiger partial charge in [-0.1, -0.05) is 30.3 Å². The van der Waals surface area contributed by atoms with E-state index in [1.165, 1.54) is 0 Å². The van der Waals surface area contributed by atoms with Gasteiger partial charge in [0.1, 0.15) is 0 Å². The minimum atomic E-state index is -4.51. The van der Waals surface area contributed by atoms with Crippen molar-refractivity contribution in [3.8, 4) is 0 Å². The zero-order chi connectivity index (χ0) is 16.8. The zero-order valence-electron chi connectivity index (χ0n) is 12.2. The first-order valence-electron chi connectivity index (χ1n) is 6.86. The van der Waals surface area contributed by atoms with E-state index >= 15 is 0 Å². The van der Waals surface area contributed by atoms with Gasteiger partial charge >= 0.3 is 6.18 Å². The molecule has 0 amide bonds. The maximum Gasteiger partial charge on any atom is 0.390 e. The number of sulfonamides is 1. The molecular weight excluding hydrogens is 319 g/mol. The van der Waals surface area contributed by atoms with Crippen LogP contribution in [0, 0.1) is 0 Å². The molecule has 2 N–H and O–H groups in total. The van der Waals surface area contributed by atoms with Crippen LogP contribution in [0.4, 0.5) is 13.2 Å². The normalized spacial score (nSPS) is 15.5. The number of nitrogens with one attached hydrogen (secondary N) is 1. The Bertz CT molecular complexity index is 544. The summed E-state index contributed by atoms with van der Waals surface area (Å²) in [5.74, 6) is -1.30. The van der Waals surface area contributed by atoms with Crippen LogP contribution in [0.5, 0.6) is 0 Å². The number of hydrogen-bond donors (Lipinski definition) is 2. The molecule has 2 atom stereocenters. The van der Waals surface area contributed by atoms with Crippen molar-refractivity contribution in [3.05, 3.63) is 35.9 Å². The van der Waals surface area contributed by atoms with Gasteiger partial charge in [0.05, 0.1) is 18.3 Å². The van der Waals surface area contributed by atoms with Crippen LogP contribution in [0.3, 0.4) is 0 Å². The third-order valence-corrected chi connectivity index (χ3v) is 4.45. The van der Waals surface area contributed by atoms with Gasteiger partial charge in [-0.3, -0.25) is 0 Å². The van der Waals surface area contributed by atoms with Crippen molar-refractivity contribution in [1.29, 1.82) is 0 Å². The van der Waals surface area contributed by atoms with E-state index in [0.29, 0.717) is 6.42 Å². The van der Waals surface area contributed by atoms with Gasteiger partial charge in [0.25, 0.3) is 0 Å². The Labute approximate surface area is 128 Å². The van der Waals surface area contributed by atoms with E-state index in [-0.39, 0.29) is 12.5 Å². The Morgan fingerprint density at radius 2 is 1.82 bits per heavy atom. The Hall–Kier alpha value is -1.12. The molecule has 0 aliphatic heterocycles. The van der Waals surface area contributed by atoms with E-state index in [0.717, 1.165) is 5.56 Å². The predicted molar refractivity (Wildman–Crippen MR) is 77.9 cm³/mol. The summed E-state index contributed by atoms with van der Waals surface area (Å²) in [7, 11) is -4.01. The number of rotatable bonds is 8. The Kier molecular flexibility index (Phi) is 6.83. The predicted octanol–water partition coefficient (Wildman–Crippen LogP) is 2.41. The number of aliphatic hydroxyl groups is 1. The lowest BCUT2D eigenvalue weighted by molar-refractivity contribution is -0.129. The van der Waals surface area contributed by atoms with Crippen molar-refractivity contribution in [2.45, 2.75) is 38.0 Å². The molecule has 0 aliphatic rings. The first-order valence-corrected chi connectivity index (χ1v) is 8.51. The summed E-state index contributed by atoms with van der Waals surface area (Å²) in [5, 5.41) is 9.50. The summed E-state index contributed by atoms with van der Waals surface area (Å²) in [4.78, 5) is 0. The smallest absolute Gasteiger partial charge is 0.390 e. The summed E-state index contributed by atoms with van der Waals surface area (Å²) in [6.07, 6.45) is -6.22. The molecule has 0 aromatic heterocycles. The third-order valence-electron chi connectivity index (χ3n) is 3.10. The van der Waals surface area contributed by atoms with Crippen molar-refractivity contribution < 1.29 is 26.7 Å². The van der Waals surface area contributed by atoms with E-state index in [1.807, 2.05) is 0 Å². The Morgan fingerprint density at radius 1 is 1.23 bits per heavy atom. The van der Waals surface area contributed by atoms with E-state index in [2.05, 4.69) is 4.72 Å². The summed E-state index contributed by atoms with van der Waals surface area (Å²) in [6, 6.07) is 8.94. The van der Waals surface area contributed by atoms with Crippen molar-refractivity contribution in [2.24, 2.45) is 0 Å². The van der Waals surface area contributed by atoms with Gasteiger partial charge in [0.2, 0.25) is 10.0 Å². The van der Waals surface area contributed by atoms with Gasteiger partial charge in [-0.25, -0.2) is 13.1 Å². The minimum absolute atomic E-state index is 0.0465. The van der Waals surface area contributed by atoms with Gasteiger partial charge in [-0.15, -0.1) is 0 Å². The molecule has 1 aromatic rings. The molecule has 0 saturated carbocycles. The molecule has 22 heavy (non-hydrogen) atoms. The molecule has 0 radical (unpaired) electrons. The van der Waals surface area contributed by atoms with E-state index in [1.54, 1.807) is 37.3 Å². The summed E-state index contributed by atoms with van der Waals surface area (Å²) >= 11 is 0. The van der Waals surface area contributed by atoms with Gasteiger partial charge in [0, 0.05) is 6.54 Å². The highest BCUT2D eigenvalue weighted by molar-refractivity contribution is 7.89. The van der Waals surface area contributed by atoms with E-state index in [4.69, 9.17) is 0 Å². The zero-order valence-corrected chi connectivity index (χ0v) is 13.0. The monoisotopic (exact) mass is 339 g/mol. The van der Waals surface area contributed by atoms with Crippen LogP contribution in [0.1, 0.15) is 31.2 Å². The molecule has 0 aliphatic carbocycles. The van der Waals surface area contributed by atoms with E-state index in [9.17, 15) is 26.7 Å². The lowest BCUT2D eigenvalue weighted by Crippen LogP contribution is -2.33. The SMILES string of the molecule is C[C@@H](O)C[C@@H](CNS(=O)(=O)CCC(F)(F)F)c1ccccc1. The third kappa shape index (κ3) is 7.77. The average Bonchev–Trinajstić information content (AvgIpc) is 2.41. The molecular formula is C14H20F3NO3S. The fourth-order valence-electron chi connectivity index (χ4n) is 2.02. The lowest BCUT2D eigenvalue weighted by Gasteiger charge is -2.20. The fraction of sp³-hybridized carbons (Fsp3) is 0.571. The topological polar surface area (TPSA) is 66.4 Å². The van der Waals surface area contributed by atoms with Crippen LogP contribution in [-0.2, 0) is 10.0 Å². The molecule has 4 nitrogen and oxygen atoms in total. The molecule has 126 valence electrons. The molecule has 1 rings (SSSR count). The minimum Gasteiger partial charge on any atom is -0.393 e. The molecule has 8 heteroatoms. The van der Waals surface area contributed by atoms with Crippen LogP contribution in [0.15, 0.2) is 30.3 Å². The lowest BCUT2D eigenvalue weighted by atomic mass is 9.94. The highest BCUT2D eigenvalue weighted by atomic mass is 32.2. The number of aliphatic hydroxyl groups excluding tert-OH is 1. The van der Waals surface area contributed by atoms with Crippen LogP contribution in [0.2, 0.25) is 0 Å². The van der Waals surface area contributed by atoms with Crippen molar-refractivity contribution in [1.82, 2.24) is 4.72 Å². The molecule has 0 saturated heterocycles. The van der Waals surface area contributed by atoms with Crippen molar-refractivity contribution in [2.75, 3.05) is 12.3 Å². The quantitative estimate of drug-likeness (QED) is 0.764. The van der Waals surface area contributed by atoms with Gasteiger partial charge in [-0.05, 0) is 24.8 Å². The number of halogens is 3. The number of hydrogen-bond acceptors (Lipinski definition) is 3. The first kappa shape index (κ1) is 18.9. The second-order valence-electron chi connectivity index (χ2n) is 5.22.